The number of carbonyl (C=O) groups excluding carboxylic acids is 1. The maximum atomic E-state index is 11.9. The number of benzene rings is 1. The van der Waals surface area contributed by atoms with Crippen LogP contribution in [0.5, 0.6) is 0 Å². The summed E-state index contributed by atoms with van der Waals surface area (Å²) in [4.78, 5) is 15.0. The van der Waals surface area contributed by atoms with Gasteiger partial charge < -0.3 is 0 Å². The quantitative estimate of drug-likeness (QED) is 0.626. The molecule has 0 unspecified atom stereocenters. The van der Waals surface area contributed by atoms with Crippen LogP contribution in [0.25, 0.3) is 0 Å². The van der Waals surface area contributed by atoms with Crippen molar-refractivity contribution >= 4 is 31.8 Å². The van der Waals surface area contributed by atoms with E-state index >= 15 is 0 Å². The number of halogens is 1. The molecule has 4 nitrogen and oxygen atoms in total. The van der Waals surface area contributed by atoms with Gasteiger partial charge >= 0.3 is 0 Å². The Labute approximate surface area is 121 Å². The van der Waals surface area contributed by atoms with Crippen molar-refractivity contribution in [3.63, 3.8) is 0 Å². The highest BCUT2D eigenvalue weighted by Gasteiger charge is 2.40. The fourth-order valence-electron chi connectivity index (χ4n) is 2.73. The molecule has 0 radical (unpaired) electrons. The zero-order valence-corrected chi connectivity index (χ0v) is 12.9. The Balaban J connectivity index is 2.77. The lowest BCUT2D eigenvalue weighted by Gasteiger charge is -2.26. The van der Waals surface area contributed by atoms with Crippen LogP contribution in [0.3, 0.4) is 0 Å². The summed E-state index contributed by atoms with van der Waals surface area (Å²) in [5, 5.41) is 0. The van der Waals surface area contributed by atoms with Gasteiger partial charge in [0.2, 0.25) is 6.08 Å². The van der Waals surface area contributed by atoms with Gasteiger partial charge in [-0.25, -0.2) is 13.2 Å². The second-order valence-electron chi connectivity index (χ2n) is 4.83. The van der Waals surface area contributed by atoms with Crippen LogP contribution in [-0.4, -0.2) is 20.8 Å². The van der Waals surface area contributed by atoms with Crippen LogP contribution in [0, 0.1) is 0 Å². The summed E-state index contributed by atoms with van der Waals surface area (Å²) in [5.41, 5.74) is -0.154. The highest BCUT2D eigenvalue weighted by molar-refractivity contribution is 9.10. The van der Waals surface area contributed by atoms with Crippen molar-refractivity contribution in [1.82, 2.24) is 0 Å². The molecule has 0 heterocycles. The van der Waals surface area contributed by atoms with Crippen LogP contribution in [0.4, 0.5) is 0 Å². The van der Waals surface area contributed by atoms with Crippen molar-refractivity contribution in [3.05, 3.63) is 28.2 Å². The summed E-state index contributed by atoms with van der Waals surface area (Å²) in [6.45, 7) is 0. The van der Waals surface area contributed by atoms with Crippen molar-refractivity contribution in [1.29, 1.82) is 0 Å². The summed E-state index contributed by atoms with van der Waals surface area (Å²) in [6.07, 6.45) is 5.99. The zero-order chi connectivity index (χ0) is 14.1. The van der Waals surface area contributed by atoms with E-state index in [0.717, 1.165) is 12.8 Å². The number of nitrogens with zero attached hydrogens (tertiary/aromatic N) is 1. The molecular formula is C13H14BrNO3S. The van der Waals surface area contributed by atoms with Gasteiger partial charge in [-0.05, 0) is 25.0 Å². The number of rotatable bonds is 3. The molecule has 1 fully saturated rings. The van der Waals surface area contributed by atoms with Gasteiger partial charge in [0, 0.05) is 16.3 Å². The molecule has 0 spiro atoms. The highest BCUT2D eigenvalue weighted by Crippen LogP contribution is 2.47. The number of hydrogen-bond donors (Lipinski definition) is 0. The molecule has 6 heteroatoms. The number of aliphatic imine (C=N–C) groups is 1. The second-order valence-corrected chi connectivity index (χ2v) is 7.67. The first-order valence-corrected chi connectivity index (χ1v) is 8.67. The van der Waals surface area contributed by atoms with Crippen LogP contribution in [0.1, 0.15) is 31.2 Å². The van der Waals surface area contributed by atoms with Crippen LogP contribution >= 0.6 is 15.9 Å². The summed E-state index contributed by atoms with van der Waals surface area (Å²) in [5.74, 6) is 0. The monoisotopic (exact) mass is 343 g/mol. The van der Waals surface area contributed by atoms with E-state index in [0.29, 0.717) is 22.9 Å². The molecular weight excluding hydrogens is 330 g/mol. The van der Waals surface area contributed by atoms with Crippen molar-refractivity contribution in [3.8, 4) is 0 Å². The van der Waals surface area contributed by atoms with Gasteiger partial charge in [-0.15, -0.1) is 0 Å². The van der Waals surface area contributed by atoms with Crippen LogP contribution in [0.15, 0.2) is 32.6 Å². The Morgan fingerprint density at radius 3 is 2.47 bits per heavy atom. The van der Waals surface area contributed by atoms with Crippen molar-refractivity contribution in [2.24, 2.45) is 4.99 Å². The first-order chi connectivity index (χ1) is 8.91. The van der Waals surface area contributed by atoms with Crippen LogP contribution < -0.4 is 0 Å². The normalized spacial score (nSPS) is 18.0. The minimum absolute atomic E-state index is 0.239. The lowest BCUT2D eigenvalue weighted by Crippen LogP contribution is -2.23. The molecule has 0 amide bonds. The molecule has 0 atom stereocenters. The lowest BCUT2D eigenvalue weighted by molar-refractivity contribution is 0.444. The van der Waals surface area contributed by atoms with Crippen LogP contribution in [-0.2, 0) is 20.2 Å². The molecule has 1 aromatic rings. The predicted octanol–water partition coefficient (Wildman–Crippen LogP) is 2.96. The molecule has 19 heavy (non-hydrogen) atoms. The number of isocyanates is 1. The molecule has 2 rings (SSSR count). The van der Waals surface area contributed by atoms with E-state index in [1.807, 2.05) is 0 Å². The molecule has 1 aliphatic carbocycles. The van der Waals surface area contributed by atoms with E-state index in [2.05, 4.69) is 20.9 Å². The Bertz CT molecular complexity index is 642. The van der Waals surface area contributed by atoms with Gasteiger partial charge in [0.1, 0.15) is 5.54 Å². The van der Waals surface area contributed by atoms with E-state index in [1.165, 1.54) is 6.26 Å². The third-order valence-electron chi connectivity index (χ3n) is 3.53. The second kappa shape index (κ2) is 5.19. The highest BCUT2D eigenvalue weighted by atomic mass is 79.9. The molecule has 0 aromatic heterocycles. The van der Waals surface area contributed by atoms with Gasteiger partial charge in [0.25, 0.3) is 0 Å². The smallest absolute Gasteiger partial charge is 0.224 e. The largest absolute Gasteiger partial charge is 0.235 e. The van der Waals surface area contributed by atoms with Crippen molar-refractivity contribution in [2.45, 2.75) is 36.1 Å². The van der Waals surface area contributed by atoms with E-state index < -0.39 is 15.4 Å². The molecule has 102 valence electrons. The maximum Gasteiger partial charge on any atom is 0.235 e. The molecule has 0 saturated heterocycles. The standard InChI is InChI=1S/C13H14BrNO3S/c1-19(17,18)11-6-4-5-10(14)12(11)13(15-9-16)7-2-3-8-13/h4-6H,2-3,7-8H2,1H3. The lowest BCUT2D eigenvalue weighted by atomic mass is 9.89. The number of hydrogen-bond acceptors (Lipinski definition) is 4. The third kappa shape index (κ3) is 2.66. The van der Waals surface area contributed by atoms with E-state index in [9.17, 15) is 13.2 Å². The minimum atomic E-state index is -3.37. The third-order valence-corrected chi connectivity index (χ3v) is 5.33. The summed E-state index contributed by atoms with van der Waals surface area (Å²) in [6, 6.07) is 5.03. The maximum absolute atomic E-state index is 11.9. The predicted molar refractivity (Wildman–Crippen MR) is 75.5 cm³/mol. The average molecular weight is 344 g/mol. The molecule has 1 aliphatic rings. The first-order valence-electron chi connectivity index (χ1n) is 5.99. The molecule has 0 aliphatic heterocycles. The molecule has 1 aromatic carbocycles. The minimum Gasteiger partial charge on any atom is -0.224 e. The topological polar surface area (TPSA) is 63.6 Å². The van der Waals surface area contributed by atoms with Gasteiger partial charge in [-0.3, -0.25) is 0 Å². The fourth-order valence-corrected chi connectivity index (χ4v) is 4.59. The fraction of sp³-hybridized carbons (Fsp3) is 0.462. The number of sulfone groups is 1. The average Bonchev–Trinajstić information content (AvgIpc) is 2.77. The van der Waals surface area contributed by atoms with Gasteiger partial charge in [0.05, 0.1) is 4.90 Å². The summed E-state index contributed by atoms with van der Waals surface area (Å²) < 4.78 is 24.6. The van der Waals surface area contributed by atoms with Gasteiger partial charge in [0.15, 0.2) is 9.84 Å². The van der Waals surface area contributed by atoms with Gasteiger partial charge in [-0.1, -0.05) is 34.8 Å². The van der Waals surface area contributed by atoms with E-state index in [4.69, 9.17) is 0 Å². The molecule has 0 N–H and O–H groups in total. The zero-order valence-electron chi connectivity index (χ0n) is 10.5. The van der Waals surface area contributed by atoms with E-state index in [-0.39, 0.29) is 4.90 Å². The molecule has 0 bridgehead atoms. The Hall–Kier alpha value is -0.970. The van der Waals surface area contributed by atoms with Crippen molar-refractivity contribution in [2.75, 3.05) is 6.26 Å². The summed E-state index contributed by atoms with van der Waals surface area (Å²) >= 11 is 3.40. The first kappa shape index (κ1) is 14.4. The Morgan fingerprint density at radius 2 is 1.95 bits per heavy atom. The van der Waals surface area contributed by atoms with Crippen LogP contribution in [0.2, 0.25) is 0 Å². The van der Waals surface area contributed by atoms with Crippen molar-refractivity contribution < 1.29 is 13.2 Å². The SMILES string of the molecule is CS(=O)(=O)c1cccc(Br)c1C1(N=C=O)CCCC1. The summed E-state index contributed by atoms with van der Waals surface area (Å²) in [7, 11) is -3.37. The Kier molecular flexibility index (Phi) is 3.95. The van der Waals surface area contributed by atoms with Gasteiger partial charge in [-0.2, -0.15) is 4.99 Å². The Morgan fingerprint density at radius 1 is 1.32 bits per heavy atom. The van der Waals surface area contributed by atoms with E-state index in [1.54, 1.807) is 24.3 Å². The molecule has 1 saturated carbocycles.